The predicted octanol–water partition coefficient (Wildman–Crippen LogP) is 2.46. The molecule has 0 bridgehead atoms. The molecule has 0 spiro atoms. The van der Waals surface area contributed by atoms with E-state index >= 15 is 0 Å². The van der Waals surface area contributed by atoms with Gasteiger partial charge in [-0.2, -0.15) is 0 Å². The maximum atomic E-state index is 8.72. The molecule has 0 unspecified atom stereocenters. The van der Waals surface area contributed by atoms with Crippen molar-refractivity contribution in [3.63, 3.8) is 0 Å². The van der Waals surface area contributed by atoms with Crippen molar-refractivity contribution < 1.29 is 5.21 Å². The lowest BCUT2D eigenvalue weighted by Gasteiger charge is -2.20. The summed E-state index contributed by atoms with van der Waals surface area (Å²) in [5.41, 5.74) is 8.69. The van der Waals surface area contributed by atoms with Crippen LogP contribution < -0.4 is 10.6 Å². The lowest BCUT2D eigenvalue weighted by molar-refractivity contribution is 0.318. The van der Waals surface area contributed by atoms with Crippen LogP contribution >= 0.6 is 0 Å². The molecule has 0 radical (unpaired) electrons. The van der Waals surface area contributed by atoms with Crippen molar-refractivity contribution in [1.82, 2.24) is 0 Å². The molecule has 4 heteroatoms. The lowest BCUT2D eigenvalue weighted by Crippen LogP contribution is -2.21. The van der Waals surface area contributed by atoms with Gasteiger partial charge < -0.3 is 15.8 Å². The Morgan fingerprint density at radius 3 is 2.60 bits per heavy atom. The van der Waals surface area contributed by atoms with Crippen LogP contribution in [0.4, 0.5) is 5.69 Å². The van der Waals surface area contributed by atoms with E-state index in [1.54, 1.807) is 0 Å². The van der Waals surface area contributed by atoms with E-state index in [0.29, 0.717) is 0 Å². The molecule has 2 rings (SSSR count). The van der Waals surface area contributed by atoms with E-state index in [2.05, 4.69) is 22.2 Å². The fourth-order valence-electron chi connectivity index (χ4n) is 2.03. The zero-order valence-electron chi connectivity index (χ0n) is 11.5. The number of hydrogen-bond donors (Lipinski definition) is 2. The molecule has 0 aliphatic heterocycles. The van der Waals surface area contributed by atoms with E-state index < -0.39 is 0 Å². The molecule has 104 valence electrons. The fraction of sp³-hybridized carbons (Fsp3) is 0.188. The first-order valence-electron chi connectivity index (χ1n) is 6.53. The highest BCUT2D eigenvalue weighted by atomic mass is 16.4. The highest BCUT2D eigenvalue weighted by molar-refractivity contribution is 5.97. The first kappa shape index (κ1) is 13.9. The van der Waals surface area contributed by atoms with Crippen molar-refractivity contribution in [2.75, 3.05) is 18.5 Å². The summed E-state index contributed by atoms with van der Waals surface area (Å²) in [6, 6.07) is 18.0. The Balaban J connectivity index is 2.04. The van der Waals surface area contributed by atoms with Crippen LogP contribution in [0.3, 0.4) is 0 Å². The third kappa shape index (κ3) is 3.51. The van der Waals surface area contributed by atoms with Crippen LogP contribution in [0, 0.1) is 0 Å². The van der Waals surface area contributed by atoms with E-state index in [1.165, 1.54) is 5.56 Å². The number of anilines is 1. The molecule has 0 aliphatic carbocycles. The molecular weight excluding hydrogens is 250 g/mol. The molecule has 0 atom stereocenters. The van der Waals surface area contributed by atoms with E-state index in [0.717, 1.165) is 24.2 Å². The van der Waals surface area contributed by atoms with Gasteiger partial charge in [0.15, 0.2) is 5.84 Å². The zero-order chi connectivity index (χ0) is 14.4. The molecule has 0 fully saturated rings. The van der Waals surface area contributed by atoms with Crippen molar-refractivity contribution >= 4 is 11.5 Å². The molecule has 2 aromatic carbocycles. The van der Waals surface area contributed by atoms with Crippen LogP contribution in [-0.2, 0) is 6.42 Å². The Morgan fingerprint density at radius 2 is 1.90 bits per heavy atom. The average Bonchev–Trinajstić information content (AvgIpc) is 2.53. The van der Waals surface area contributed by atoms with Crippen LogP contribution in [-0.4, -0.2) is 24.6 Å². The quantitative estimate of drug-likeness (QED) is 0.379. The molecule has 0 aliphatic rings. The van der Waals surface area contributed by atoms with Crippen LogP contribution in [0.5, 0.6) is 0 Å². The van der Waals surface area contributed by atoms with Gasteiger partial charge in [0.2, 0.25) is 0 Å². The Hall–Kier alpha value is -2.49. The summed E-state index contributed by atoms with van der Waals surface area (Å²) in [7, 11) is 2.04. The van der Waals surface area contributed by atoms with Gasteiger partial charge in [0, 0.05) is 24.8 Å². The molecule has 20 heavy (non-hydrogen) atoms. The maximum absolute atomic E-state index is 8.72. The van der Waals surface area contributed by atoms with Gasteiger partial charge in [0.1, 0.15) is 0 Å². The van der Waals surface area contributed by atoms with Gasteiger partial charge in [-0.25, -0.2) is 0 Å². The molecule has 0 saturated carbocycles. The van der Waals surface area contributed by atoms with Gasteiger partial charge in [0.05, 0.1) is 0 Å². The number of likely N-dealkylation sites (N-methyl/N-ethyl adjacent to an activating group) is 1. The normalized spacial score (nSPS) is 11.3. The molecule has 3 N–H and O–H groups in total. The Kier molecular flexibility index (Phi) is 4.60. The number of benzene rings is 2. The molecule has 0 saturated heterocycles. The summed E-state index contributed by atoms with van der Waals surface area (Å²) in [6.45, 7) is 0.906. The molecule has 2 aromatic rings. The van der Waals surface area contributed by atoms with Crippen LogP contribution in [0.25, 0.3) is 0 Å². The van der Waals surface area contributed by atoms with Crippen LogP contribution in [0.15, 0.2) is 59.8 Å². The second-order valence-electron chi connectivity index (χ2n) is 4.69. The highest BCUT2D eigenvalue weighted by Crippen LogP contribution is 2.15. The minimum atomic E-state index is 0.128. The van der Waals surface area contributed by atoms with Crippen molar-refractivity contribution in [1.29, 1.82) is 0 Å². The molecule has 0 aromatic heterocycles. The van der Waals surface area contributed by atoms with Gasteiger partial charge >= 0.3 is 0 Å². The second-order valence-corrected chi connectivity index (χ2v) is 4.69. The fourth-order valence-corrected chi connectivity index (χ4v) is 2.03. The number of oxime groups is 1. The molecule has 0 heterocycles. The maximum Gasteiger partial charge on any atom is 0.170 e. The summed E-state index contributed by atoms with van der Waals surface area (Å²) in [5.74, 6) is 0.128. The van der Waals surface area contributed by atoms with Gasteiger partial charge in [-0.05, 0) is 24.1 Å². The predicted molar refractivity (Wildman–Crippen MR) is 82.4 cm³/mol. The monoisotopic (exact) mass is 269 g/mol. The Morgan fingerprint density at radius 1 is 1.15 bits per heavy atom. The van der Waals surface area contributed by atoms with Crippen molar-refractivity contribution in [3.05, 3.63) is 65.7 Å². The number of rotatable bonds is 5. The van der Waals surface area contributed by atoms with Crippen LogP contribution in [0.2, 0.25) is 0 Å². The van der Waals surface area contributed by atoms with Gasteiger partial charge in [0.25, 0.3) is 0 Å². The average molecular weight is 269 g/mol. The van der Waals surface area contributed by atoms with Crippen molar-refractivity contribution in [3.8, 4) is 0 Å². The first-order chi connectivity index (χ1) is 9.70. The molecular formula is C16H19N3O. The van der Waals surface area contributed by atoms with Gasteiger partial charge in [-0.15, -0.1) is 0 Å². The minimum Gasteiger partial charge on any atom is -0.409 e. The van der Waals surface area contributed by atoms with Gasteiger partial charge in [-0.1, -0.05) is 47.6 Å². The largest absolute Gasteiger partial charge is 0.409 e. The topological polar surface area (TPSA) is 61.8 Å². The number of hydrogen-bond acceptors (Lipinski definition) is 3. The number of nitrogens with zero attached hydrogens (tertiary/aromatic N) is 2. The van der Waals surface area contributed by atoms with E-state index in [1.807, 2.05) is 49.5 Å². The van der Waals surface area contributed by atoms with E-state index in [4.69, 9.17) is 10.9 Å². The highest BCUT2D eigenvalue weighted by Gasteiger charge is 2.04. The minimum absolute atomic E-state index is 0.128. The van der Waals surface area contributed by atoms with Crippen LogP contribution in [0.1, 0.15) is 11.1 Å². The lowest BCUT2D eigenvalue weighted by atomic mass is 10.1. The number of nitrogens with two attached hydrogens (primary N) is 1. The molecule has 4 nitrogen and oxygen atoms in total. The molecule has 0 amide bonds. The van der Waals surface area contributed by atoms with E-state index in [-0.39, 0.29) is 5.84 Å². The Labute approximate surface area is 119 Å². The smallest absolute Gasteiger partial charge is 0.170 e. The van der Waals surface area contributed by atoms with Crippen molar-refractivity contribution in [2.45, 2.75) is 6.42 Å². The van der Waals surface area contributed by atoms with Gasteiger partial charge in [-0.3, -0.25) is 0 Å². The summed E-state index contributed by atoms with van der Waals surface area (Å²) in [6.07, 6.45) is 0.977. The summed E-state index contributed by atoms with van der Waals surface area (Å²) in [4.78, 5) is 2.15. The summed E-state index contributed by atoms with van der Waals surface area (Å²) in [5, 5.41) is 11.7. The number of amidine groups is 1. The third-order valence-electron chi connectivity index (χ3n) is 3.27. The third-order valence-corrected chi connectivity index (χ3v) is 3.27. The van der Waals surface area contributed by atoms with Crippen molar-refractivity contribution in [2.24, 2.45) is 10.9 Å². The standard InChI is InChI=1S/C16H19N3O/c1-19(11-10-13-6-3-2-4-7-13)15-9-5-8-14(12-15)16(17)18-20/h2-9,12,20H,10-11H2,1H3,(H2,17,18). The first-order valence-corrected chi connectivity index (χ1v) is 6.53. The van der Waals surface area contributed by atoms with E-state index in [9.17, 15) is 0 Å². The summed E-state index contributed by atoms with van der Waals surface area (Å²) < 4.78 is 0. The SMILES string of the molecule is CN(CCc1ccccc1)c1cccc(C(N)=NO)c1. The summed E-state index contributed by atoms with van der Waals surface area (Å²) >= 11 is 0. The Bertz CT molecular complexity index is 581. The zero-order valence-corrected chi connectivity index (χ0v) is 11.5. The second kappa shape index (κ2) is 6.61.